The summed E-state index contributed by atoms with van der Waals surface area (Å²) in [6, 6.07) is 8.34. The molecule has 0 aromatic heterocycles. The first-order valence-corrected chi connectivity index (χ1v) is 24.3. The maximum Gasteiger partial charge on any atom is 0.331 e. The Morgan fingerprint density at radius 1 is 0.355 bits per heavy atom. The zero-order chi connectivity index (χ0) is 54.9. The van der Waals surface area contributed by atoms with Crippen molar-refractivity contribution in [1.82, 2.24) is 0 Å². The van der Waals surface area contributed by atoms with Crippen molar-refractivity contribution in [2.75, 3.05) is 39.6 Å². The summed E-state index contributed by atoms with van der Waals surface area (Å²) in [7, 11) is 0. The fraction of sp³-hybridized carbons (Fsp3) is 0.800. The Hall–Kier alpha value is -2.73. The SMILES string of the molecule is O=C(/C=C\c1ccccc1)O[C@H]1[C@H]2O[C@H]3[C@H](O)[C@@H](O)[C@@H](O[C@H]4[C@H](O)[C@@H](O)[C@@H](O[C@H]5[C@H](O)[C@@H](O)[C@@H](O[C@H]6[C@H](O)[C@@H](O)[C@@H](O[C@H]7[C@H](O)[C@@H](O)[C@@H](O[C@@H]([C@@H]1O)[C@@H](CO)O2)O[C@@H]7CO)O[C@@H]6CO)O[C@@H]5CO)O[C@@H]4CO)O[C@@H]3CO. The average Bonchev–Trinajstić information content (AvgIpc) is 3.43. The molecule has 16 fully saturated rings. The van der Waals surface area contributed by atoms with Crippen LogP contribution in [0.3, 0.4) is 0 Å². The van der Waals surface area contributed by atoms with Crippen molar-refractivity contribution in [1.29, 1.82) is 0 Å². The van der Waals surface area contributed by atoms with Gasteiger partial charge in [-0.3, -0.25) is 0 Å². The van der Waals surface area contributed by atoms with Crippen molar-refractivity contribution in [2.45, 2.75) is 184 Å². The van der Waals surface area contributed by atoms with Crippen LogP contribution in [-0.2, 0) is 66.4 Å². The number of carbonyl (C=O) groups is 1. The lowest BCUT2D eigenvalue weighted by Crippen LogP contribution is -2.69. The Balaban J connectivity index is 1.12. The van der Waals surface area contributed by atoms with Gasteiger partial charge < -0.3 is 148 Å². The number of aliphatic hydroxyl groups excluding tert-OH is 17. The predicted molar refractivity (Wildman–Crippen MR) is 235 cm³/mol. The molecule has 17 N–H and O–H groups in total. The molecule has 1 aromatic rings. The number of rotatable bonds is 9. The van der Waals surface area contributed by atoms with Gasteiger partial charge in [-0.25, -0.2) is 4.79 Å². The van der Waals surface area contributed by atoms with Gasteiger partial charge in [0.1, 0.15) is 140 Å². The molecule has 0 amide bonds. The second-order valence-corrected chi connectivity index (χ2v) is 19.0. The summed E-state index contributed by atoms with van der Waals surface area (Å²) < 4.78 is 75.0. The molecule has 16 aliphatic heterocycles. The van der Waals surface area contributed by atoms with Crippen molar-refractivity contribution in [3.63, 3.8) is 0 Å². The molecule has 16 aliphatic rings. The van der Waals surface area contributed by atoms with E-state index in [-0.39, 0.29) is 0 Å². The molecule has 0 radical (unpaired) electrons. The zero-order valence-electron chi connectivity index (χ0n) is 39.9. The van der Waals surface area contributed by atoms with Crippen LogP contribution in [0.4, 0.5) is 0 Å². The monoisotopic (exact) mass is 1100 g/mol. The molecule has 0 unspecified atom stereocenters. The predicted octanol–water partition coefficient (Wildman–Crippen LogP) is -10.8. The summed E-state index contributed by atoms with van der Waals surface area (Å²) >= 11 is 0. The van der Waals surface area contributed by atoms with Crippen molar-refractivity contribution >= 4 is 12.0 Å². The van der Waals surface area contributed by atoms with Gasteiger partial charge in [0.05, 0.1) is 39.6 Å². The van der Waals surface area contributed by atoms with Gasteiger partial charge in [-0.1, -0.05) is 30.3 Å². The summed E-state index contributed by atoms with van der Waals surface area (Å²) in [5.41, 5.74) is 0.530. The molecule has 31 nitrogen and oxygen atoms in total. The normalized spacial score (nSPS) is 49.6. The molecule has 12 bridgehead atoms. The van der Waals surface area contributed by atoms with Crippen LogP contribution in [0.25, 0.3) is 6.08 Å². The molecule has 0 aliphatic carbocycles. The molecular formula is C45H66O31. The molecule has 0 spiro atoms. The minimum atomic E-state index is -2.21. The first-order chi connectivity index (χ1) is 36.4. The van der Waals surface area contributed by atoms with Gasteiger partial charge in [0.15, 0.2) is 43.8 Å². The summed E-state index contributed by atoms with van der Waals surface area (Å²) in [5, 5.41) is 188. The number of benzene rings is 1. The van der Waals surface area contributed by atoms with Gasteiger partial charge in [0.25, 0.3) is 0 Å². The van der Waals surface area contributed by atoms with E-state index in [1.807, 2.05) is 0 Å². The van der Waals surface area contributed by atoms with Crippen LogP contribution in [0.15, 0.2) is 36.4 Å². The Labute approximate surface area is 430 Å². The van der Waals surface area contributed by atoms with Gasteiger partial charge >= 0.3 is 5.97 Å². The summed E-state index contributed by atoms with van der Waals surface area (Å²) in [6.45, 7) is -6.19. The zero-order valence-corrected chi connectivity index (χ0v) is 39.9. The molecule has 30 atom stereocenters. The average molecular weight is 1100 g/mol. The molecule has 16 heterocycles. The second kappa shape index (κ2) is 25.8. The molecule has 17 rings (SSSR count). The fourth-order valence-corrected chi connectivity index (χ4v) is 9.94. The van der Waals surface area contributed by atoms with E-state index in [9.17, 15) is 91.6 Å². The third-order valence-corrected chi connectivity index (χ3v) is 14.1. The van der Waals surface area contributed by atoms with Gasteiger partial charge in [0, 0.05) is 6.08 Å². The Bertz CT molecular complexity index is 2000. The number of hydrogen-bond donors (Lipinski definition) is 17. The van der Waals surface area contributed by atoms with Crippen LogP contribution < -0.4 is 0 Å². The standard InChI is InChI=1S/C45H66O31/c46-8-15-33-22(53)27(58)40(64-15)71-34-16(9-47)65-42(28(59)23(34)54)73-36-18(11-49)67-44(30(61)25(36)56)75-38-20(13-51)69-45(39(32(38)63)70-21(52)7-6-14-4-2-1-3-5-14)76-37-19(12-50)68-43(31(62)26(37)57)74-35-17(10-48)66-41(72-33)29(60)24(35)55/h1-7,15-20,22-51,53-63H,8-13H2/b7-6-/t15-,16-,17-,18-,19-,20-,22-,23-,24-,25-,26-,27-,28-,29-,30-,31-,32+,33-,34-,35-,36-,37-,38-,39-,40-,41-,42-,43-,44-,45-/m1/s1. The summed E-state index contributed by atoms with van der Waals surface area (Å²) in [6.07, 6.45) is -57.4. The Morgan fingerprint density at radius 2 is 0.605 bits per heavy atom. The van der Waals surface area contributed by atoms with E-state index >= 15 is 0 Å². The largest absolute Gasteiger partial charge is 0.451 e. The van der Waals surface area contributed by atoms with Crippen LogP contribution in [0, 0.1) is 0 Å². The van der Waals surface area contributed by atoms with Crippen LogP contribution in [-0.4, -0.2) is 317 Å². The van der Waals surface area contributed by atoms with E-state index in [0.29, 0.717) is 5.56 Å². The van der Waals surface area contributed by atoms with Gasteiger partial charge in [-0.2, -0.15) is 0 Å². The van der Waals surface area contributed by atoms with E-state index in [2.05, 4.69) is 0 Å². The van der Waals surface area contributed by atoms with E-state index < -0.39 is 230 Å². The van der Waals surface area contributed by atoms with E-state index in [1.165, 1.54) is 6.08 Å². The highest BCUT2D eigenvalue weighted by Gasteiger charge is 2.59. The Kier molecular flexibility index (Phi) is 20.2. The minimum absolute atomic E-state index is 0.530. The van der Waals surface area contributed by atoms with Crippen LogP contribution in [0.1, 0.15) is 5.56 Å². The number of aliphatic hydroxyl groups is 17. The van der Waals surface area contributed by atoms with Crippen LogP contribution in [0.5, 0.6) is 0 Å². The highest BCUT2D eigenvalue weighted by molar-refractivity contribution is 5.87. The lowest BCUT2D eigenvalue weighted by atomic mass is 9.94. The smallest absolute Gasteiger partial charge is 0.331 e. The number of carbonyl (C=O) groups excluding carboxylic acids is 1. The molecule has 16 saturated heterocycles. The number of esters is 1. The van der Waals surface area contributed by atoms with Crippen LogP contribution >= 0.6 is 0 Å². The first kappa shape index (κ1) is 59.4. The van der Waals surface area contributed by atoms with Crippen molar-refractivity contribution in [3.8, 4) is 0 Å². The van der Waals surface area contributed by atoms with Gasteiger partial charge in [-0.15, -0.1) is 0 Å². The topological polar surface area (TPSA) is 481 Å². The van der Waals surface area contributed by atoms with Crippen molar-refractivity contribution < 1.29 is 153 Å². The lowest BCUT2D eigenvalue weighted by Gasteiger charge is -2.51. The van der Waals surface area contributed by atoms with E-state index in [0.717, 1.165) is 6.08 Å². The lowest BCUT2D eigenvalue weighted by molar-refractivity contribution is -0.404. The Morgan fingerprint density at radius 3 is 0.882 bits per heavy atom. The molecular weight excluding hydrogens is 1040 g/mol. The van der Waals surface area contributed by atoms with Crippen molar-refractivity contribution in [2.24, 2.45) is 0 Å². The molecule has 0 saturated carbocycles. The number of hydrogen-bond acceptors (Lipinski definition) is 31. The fourth-order valence-electron chi connectivity index (χ4n) is 9.94. The molecule has 31 heteroatoms. The first-order valence-electron chi connectivity index (χ1n) is 24.3. The van der Waals surface area contributed by atoms with Gasteiger partial charge in [-0.05, 0) is 11.6 Å². The summed E-state index contributed by atoms with van der Waals surface area (Å²) in [5.74, 6) is -1.15. The highest BCUT2D eigenvalue weighted by Crippen LogP contribution is 2.38. The van der Waals surface area contributed by atoms with Crippen LogP contribution in [0.2, 0.25) is 0 Å². The third-order valence-electron chi connectivity index (χ3n) is 14.1. The molecule has 76 heavy (non-hydrogen) atoms. The van der Waals surface area contributed by atoms with E-state index in [1.54, 1.807) is 30.3 Å². The summed E-state index contributed by atoms with van der Waals surface area (Å²) in [4.78, 5) is 13.4. The third kappa shape index (κ3) is 12.1. The second-order valence-electron chi connectivity index (χ2n) is 19.0. The maximum absolute atomic E-state index is 13.4. The van der Waals surface area contributed by atoms with Crippen molar-refractivity contribution in [3.05, 3.63) is 42.0 Å². The van der Waals surface area contributed by atoms with E-state index in [4.69, 9.17) is 61.6 Å². The maximum atomic E-state index is 13.4. The molecule has 1 aromatic carbocycles. The highest BCUT2D eigenvalue weighted by atomic mass is 16.8. The quantitative estimate of drug-likeness (QED) is 0.0806. The number of ether oxygens (including phenoxy) is 13. The van der Waals surface area contributed by atoms with Gasteiger partial charge in [0.2, 0.25) is 0 Å². The molecule has 432 valence electrons. The minimum Gasteiger partial charge on any atom is -0.451 e.